The Hall–Kier alpha value is -2.23. The number of nitriles is 1. The number of esters is 1. The number of ether oxygens (including phenoxy) is 1. The molecule has 21 heavy (non-hydrogen) atoms. The number of carbonyl (C=O) groups excluding carboxylic acids is 2. The first-order valence-electron chi connectivity index (χ1n) is 5.64. The van der Waals surface area contributed by atoms with Gasteiger partial charge in [0.15, 0.2) is 0 Å². The number of anilines is 1. The number of hydrogen-bond acceptors (Lipinski definition) is 5. The Morgan fingerprint density at radius 2 is 2.14 bits per heavy atom. The van der Waals surface area contributed by atoms with Crippen LogP contribution >= 0.6 is 23.2 Å². The predicted octanol–water partition coefficient (Wildman–Crippen LogP) is 2.10. The molecule has 0 aromatic heterocycles. The van der Waals surface area contributed by atoms with E-state index in [-0.39, 0.29) is 17.1 Å². The van der Waals surface area contributed by atoms with E-state index in [1.54, 1.807) is 12.1 Å². The highest BCUT2D eigenvalue weighted by Crippen LogP contribution is 2.25. The monoisotopic (exact) mass is 327 g/mol. The molecule has 0 atom stereocenters. The number of methoxy groups -OCH3 is 1. The van der Waals surface area contributed by atoms with E-state index in [0.717, 1.165) is 6.20 Å². The fraction of sp³-hybridized carbons (Fsp3) is 0.154. The van der Waals surface area contributed by atoms with E-state index in [1.165, 1.54) is 19.2 Å². The highest BCUT2D eigenvalue weighted by molar-refractivity contribution is 6.36. The molecule has 0 unspecified atom stereocenters. The second-order valence-electron chi connectivity index (χ2n) is 3.71. The Morgan fingerprint density at radius 1 is 1.43 bits per heavy atom. The molecule has 0 saturated heterocycles. The standard InChI is InChI=1S/C13H11Cl2N3O3/c1-21-12(19)7-17-6-8(5-16)13(20)18-11-3-2-9(14)4-10(11)15/h2-4,6,17H,7H2,1H3,(H,18,20)/b8-6-. The number of halogens is 2. The molecule has 1 rings (SSSR count). The summed E-state index contributed by atoms with van der Waals surface area (Å²) in [5.41, 5.74) is 0.102. The van der Waals surface area contributed by atoms with Gasteiger partial charge in [0.25, 0.3) is 5.91 Å². The van der Waals surface area contributed by atoms with Crippen LogP contribution in [0.1, 0.15) is 0 Å². The summed E-state index contributed by atoms with van der Waals surface area (Å²) < 4.78 is 4.40. The fourth-order valence-electron chi connectivity index (χ4n) is 1.24. The first kappa shape index (κ1) is 16.8. The number of hydrogen-bond donors (Lipinski definition) is 2. The average molecular weight is 328 g/mol. The van der Waals surface area contributed by atoms with Gasteiger partial charge >= 0.3 is 5.97 Å². The van der Waals surface area contributed by atoms with Crippen LogP contribution in [0.15, 0.2) is 30.0 Å². The lowest BCUT2D eigenvalue weighted by Gasteiger charge is -2.07. The lowest BCUT2D eigenvalue weighted by atomic mass is 10.2. The third kappa shape index (κ3) is 5.34. The van der Waals surface area contributed by atoms with Crippen molar-refractivity contribution in [2.45, 2.75) is 0 Å². The van der Waals surface area contributed by atoms with Gasteiger partial charge in [0.2, 0.25) is 0 Å². The quantitative estimate of drug-likeness (QED) is 0.491. The molecule has 6 nitrogen and oxygen atoms in total. The van der Waals surface area contributed by atoms with Gasteiger partial charge in [0.05, 0.1) is 17.8 Å². The summed E-state index contributed by atoms with van der Waals surface area (Å²) in [4.78, 5) is 22.8. The van der Waals surface area contributed by atoms with Gasteiger partial charge in [-0.15, -0.1) is 0 Å². The number of benzene rings is 1. The van der Waals surface area contributed by atoms with Crippen LogP contribution in [0.25, 0.3) is 0 Å². The second kappa shape index (κ2) is 8.15. The lowest BCUT2D eigenvalue weighted by molar-refractivity contribution is -0.139. The molecule has 2 N–H and O–H groups in total. The normalized spacial score (nSPS) is 10.5. The summed E-state index contributed by atoms with van der Waals surface area (Å²) in [6.45, 7) is -0.156. The van der Waals surface area contributed by atoms with Gasteiger partial charge in [-0.25, -0.2) is 0 Å². The Balaban J connectivity index is 2.73. The van der Waals surface area contributed by atoms with E-state index < -0.39 is 11.9 Å². The third-order valence-corrected chi connectivity index (χ3v) is 2.81. The van der Waals surface area contributed by atoms with Crippen molar-refractivity contribution in [3.8, 4) is 6.07 Å². The third-order valence-electron chi connectivity index (χ3n) is 2.26. The predicted molar refractivity (Wildman–Crippen MR) is 78.8 cm³/mol. The zero-order valence-electron chi connectivity index (χ0n) is 10.9. The van der Waals surface area contributed by atoms with Crippen molar-refractivity contribution >= 4 is 40.8 Å². The fourth-order valence-corrected chi connectivity index (χ4v) is 1.69. The molecule has 0 aliphatic rings. The Bertz CT molecular complexity index is 624. The Labute approximate surface area is 131 Å². The molecule has 1 amide bonds. The van der Waals surface area contributed by atoms with Gasteiger partial charge in [-0.3, -0.25) is 9.59 Å². The van der Waals surface area contributed by atoms with Gasteiger partial charge in [-0.2, -0.15) is 5.26 Å². The van der Waals surface area contributed by atoms with Gasteiger partial charge in [0.1, 0.15) is 18.2 Å². The molecule has 0 saturated carbocycles. The van der Waals surface area contributed by atoms with Crippen molar-refractivity contribution in [2.75, 3.05) is 19.0 Å². The summed E-state index contributed by atoms with van der Waals surface area (Å²) >= 11 is 11.6. The van der Waals surface area contributed by atoms with Gasteiger partial charge in [0, 0.05) is 11.2 Å². The number of nitrogens with zero attached hydrogens (tertiary/aromatic N) is 1. The Kier molecular flexibility index (Phi) is 6.53. The molecule has 0 heterocycles. The maximum atomic E-state index is 11.9. The first-order valence-corrected chi connectivity index (χ1v) is 6.40. The highest BCUT2D eigenvalue weighted by atomic mass is 35.5. The minimum absolute atomic E-state index is 0.156. The van der Waals surface area contributed by atoms with Crippen molar-refractivity contribution in [1.29, 1.82) is 5.26 Å². The van der Waals surface area contributed by atoms with Crippen molar-refractivity contribution in [3.63, 3.8) is 0 Å². The van der Waals surface area contributed by atoms with Crippen molar-refractivity contribution in [1.82, 2.24) is 5.32 Å². The first-order chi connectivity index (χ1) is 9.97. The molecule has 8 heteroatoms. The van der Waals surface area contributed by atoms with E-state index >= 15 is 0 Å². The van der Waals surface area contributed by atoms with E-state index in [0.29, 0.717) is 10.7 Å². The molecule has 0 fully saturated rings. The van der Waals surface area contributed by atoms with Gasteiger partial charge in [-0.05, 0) is 18.2 Å². The molecule has 0 aliphatic carbocycles. The molecule has 0 radical (unpaired) electrons. The van der Waals surface area contributed by atoms with Crippen LogP contribution in [0.2, 0.25) is 10.0 Å². The minimum atomic E-state index is -0.668. The van der Waals surface area contributed by atoms with E-state index in [1.807, 2.05) is 0 Å². The zero-order chi connectivity index (χ0) is 15.8. The molecule has 0 spiro atoms. The summed E-state index contributed by atoms with van der Waals surface area (Å²) in [6.07, 6.45) is 1.12. The van der Waals surface area contributed by atoms with Crippen molar-refractivity contribution in [3.05, 3.63) is 40.0 Å². The second-order valence-corrected chi connectivity index (χ2v) is 4.55. The molecular weight excluding hydrogens is 317 g/mol. The van der Waals surface area contributed by atoms with Crippen LogP contribution < -0.4 is 10.6 Å². The molecule has 1 aromatic rings. The summed E-state index contributed by atoms with van der Waals surface area (Å²) in [6, 6.07) is 6.24. The number of carbonyl (C=O) groups is 2. The zero-order valence-corrected chi connectivity index (χ0v) is 12.5. The smallest absolute Gasteiger partial charge is 0.325 e. The van der Waals surface area contributed by atoms with Crippen molar-refractivity contribution in [2.24, 2.45) is 0 Å². The molecule has 0 bridgehead atoms. The SMILES string of the molecule is COC(=O)CN/C=C(/C#N)C(=O)Nc1ccc(Cl)cc1Cl. The van der Waals surface area contributed by atoms with Crippen molar-refractivity contribution < 1.29 is 14.3 Å². The van der Waals surface area contributed by atoms with E-state index in [4.69, 9.17) is 28.5 Å². The number of nitrogens with one attached hydrogen (secondary N) is 2. The lowest BCUT2D eigenvalue weighted by Crippen LogP contribution is -2.22. The summed E-state index contributed by atoms with van der Waals surface area (Å²) in [5, 5.41) is 14.6. The van der Waals surface area contributed by atoms with Crippen LogP contribution in [0.5, 0.6) is 0 Å². The summed E-state index contributed by atoms with van der Waals surface area (Å²) in [5.74, 6) is -1.19. The summed E-state index contributed by atoms with van der Waals surface area (Å²) in [7, 11) is 1.23. The van der Waals surface area contributed by atoms with Crippen LogP contribution in [0.3, 0.4) is 0 Å². The van der Waals surface area contributed by atoms with Crippen LogP contribution in [0.4, 0.5) is 5.69 Å². The van der Waals surface area contributed by atoms with Gasteiger partial charge < -0.3 is 15.4 Å². The topological polar surface area (TPSA) is 91.2 Å². The number of rotatable bonds is 5. The van der Waals surface area contributed by atoms with Crippen LogP contribution in [-0.2, 0) is 14.3 Å². The Morgan fingerprint density at radius 3 is 2.71 bits per heavy atom. The molecular formula is C13H11Cl2N3O3. The van der Waals surface area contributed by atoms with E-state index in [2.05, 4.69) is 15.4 Å². The maximum absolute atomic E-state index is 11.9. The average Bonchev–Trinajstić information content (AvgIpc) is 2.46. The van der Waals surface area contributed by atoms with E-state index in [9.17, 15) is 9.59 Å². The number of amides is 1. The minimum Gasteiger partial charge on any atom is -0.468 e. The highest BCUT2D eigenvalue weighted by Gasteiger charge is 2.11. The van der Waals surface area contributed by atoms with Crippen LogP contribution in [0, 0.1) is 11.3 Å². The molecule has 1 aromatic carbocycles. The molecule has 0 aliphatic heterocycles. The maximum Gasteiger partial charge on any atom is 0.325 e. The largest absolute Gasteiger partial charge is 0.468 e. The molecule has 110 valence electrons. The van der Waals surface area contributed by atoms with Crippen LogP contribution in [-0.4, -0.2) is 25.5 Å². The van der Waals surface area contributed by atoms with Gasteiger partial charge in [-0.1, -0.05) is 23.2 Å².